The Morgan fingerprint density at radius 3 is 2.55 bits per heavy atom. The molecule has 0 saturated heterocycles. The summed E-state index contributed by atoms with van der Waals surface area (Å²) in [6.07, 6.45) is 0. The van der Waals surface area contributed by atoms with Gasteiger partial charge in [-0.25, -0.2) is 0 Å². The molecule has 1 heterocycles. The van der Waals surface area contributed by atoms with Gasteiger partial charge in [0.25, 0.3) is 0 Å². The average Bonchev–Trinajstić information content (AvgIpc) is 2.86. The third kappa shape index (κ3) is 4.44. The van der Waals surface area contributed by atoms with E-state index in [1.807, 2.05) is 12.1 Å². The Morgan fingerprint density at radius 1 is 1.10 bits per heavy atom. The highest BCUT2D eigenvalue weighted by Gasteiger charge is 2.05. The highest BCUT2D eigenvalue weighted by atomic mass is 35.5. The molecule has 108 valence electrons. The van der Waals surface area contributed by atoms with Gasteiger partial charge in [-0.05, 0) is 24.3 Å². The van der Waals surface area contributed by atoms with Crippen molar-refractivity contribution in [3.8, 4) is 5.75 Å². The number of hydrogen-bond donors (Lipinski definition) is 1. The number of benzene rings is 1. The van der Waals surface area contributed by atoms with Crippen LogP contribution in [0.25, 0.3) is 0 Å². The van der Waals surface area contributed by atoms with Gasteiger partial charge in [0.15, 0.2) is 0 Å². The fourth-order valence-electron chi connectivity index (χ4n) is 1.62. The Labute approximate surface area is 128 Å². The minimum atomic E-state index is 0.361. The molecular weight excluding hydrogens is 297 g/mol. The molecule has 0 spiro atoms. The van der Waals surface area contributed by atoms with Gasteiger partial charge in [-0.2, -0.15) is 0 Å². The molecule has 0 radical (unpaired) electrons. The zero-order valence-corrected chi connectivity index (χ0v) is 13.0. The maximum atomic E-state index is 5.93. The van der Waals surface area contributed by atoms with Crippen molar-refractivity contribution in [1.29, 1.82) is 0 Å². The minimum absolute atomic E-state index is 0.361. The van der Waals surface area contributed by atoms with Crippen LogP contribution in [-0.2, 0) is 13.2 Å². The molecule has 1 N–H and O–H groups in total. The van der Waals surface area contributed by atoms with Crippen molar-refractivity contribution in [2.45, 2.75) is 33.0 Å². The summed E-state index contributed by atoms with van der Waals surface area (Å²) in [5, 5.41) is 4.29. The van der Waals surface area contributed by atoms with Gasteiger partial charge in [0, 0.05) is 12.1 Å². The summed E-state index contributed by atoms with van der Waals surface area (Å²) >= 11 is 11.8. The van der Waals surface area contributed by atoms with E-state index in [4.69, 9.17) is 32.4 Å². The monoisotopic (exact) mass is 313 g/mol. The lowest BCUT2D eigenvalue weighted by Crippen LogP contribution is -2.21. The second-order valence-electron chi connectivity index (χ2n) is 4.77. The van der Waals surface area contributed by atoms with Crippen LogP contribution >= 0.6 is 23.2 Å². The summed E-state index contributed by atoms with van der Waals surface area (Å²) in [5.74, 6) is 2.33. The number of halogens is 2. The van der Waals surface area contributed by atoms with Gasteiger partial charge in [-0.3, -0.25) is 0 Å². The van der Waals surface area contributed by atoms with Crippen molar-refractivity contribution in [1.82, 2.24) is 5.32 Å². The predicted octanol–water partition coefficient (Wildman–Crippen LogP) is 4.66. The standard InChI is InChI=1S/C15H17Cl2NO2/c1-10(2)18-8-12-3-4-13(20-12)9-19-11-5-6-14(16)15(17)7-11/h3-7,10,18H,8-9H2,1-2H3. The Hall–Kier alpha value is -1.16. The highest BCUT2D eigenvalue weighted by Crippen LogP contribution is 2.26. The maximum absolute atomic E-state index is 5.93. The van der Waals surface area contributed by atoms with Crippen LogP contribution < -0.4 is 10.1 Å². The Bertz CT molecular complexity index is 567. The van der Waals surface area contributed by atoms with Gasteiger partial charge >= 0.3 is 0 Å². The number of rotatable bonds is 6. The molecule has 3 nitrogen and oxygen atoms in total. The summed E-state index contributed by atoms with van der Waals surface area (Å²) in [6.45, 7) is 5.26. The second kappa shape index (κ2) is 7.02. The summed E-state index contributed by atoms with van der Waals surface area (Å²) in [7, 11) is 0. The minimum Gasteiger partial charge on any atom is -0.486 e. The molecule has 20 heavy (non-hydrogen) atoms. The van der Waals surface area contributed by atoms with E-state index in [1.54, 1.807) is 18.2 Å². The quantitative estimate of drug-likeness (QED) is 0.842. The normalized spacial score (nSPS) is 11.1. The zero-order valence-electron chi connectivity index (χ0n) is 11.5. The summed E-state index contributed by atoms with van der Waals surface area (Å²) in [4.78, 5) is 0. The van der Waals surface area contributed by atoms with Crippen LogP contribution in [-0.4, -0.2) is 6.04 Å². The van der Waals surface area contributed by atoms with E-state index < -0.39 is 0 Å². The molecule has 1 aromatic heterocycles. The zero-order chi connectivity index (χ0) is 14.5. The van der Waals surface area contributed by atoms with Crippen LogP contribution in [0.5, 0.6) is 5.75 Å². The van der Waals surface area contributed by atoms with Gasteiger partial charge in [0.1, 0.15) is 23.9 Å². The van der Waals surface area contributed by atoms with Crippen LogP contribution in [0.15, 0.2) is 34.7 Å². The van der Waals surface area contributed by atoms with Crippen LogP contribution in [0, 0.1) is 0 Å². The van der Waals surface area contributed by atoms with Gasteiger partial charge in [-0.15, -0.1) is 0 Å². The van der Waals surface area contributed by atoms with E-state index in [0.29, 0.717) is 35.0 Å². The maximum Gasteiger partial charge on any atom is 0.146 e. The molecule has 0 aliphatic heterocycles. The van der Waals surface area contributed by atoms with Gasteiger partial charge in [0.05, 0.1) is 16.6 Å². The lowest BCUT2D eigenvalue weighted by molar-refractivity contribution is 0.264. The molecule has 5 heteroatoms. The highest BCUT2D eigenvalue weighted by molar-refractivity contribution is 6.42. The molecule has 2 aromatic rings. The Balaban J connectivity index is 1.89. The summed E-state index contributed by atoms with van der Waals surface area (Å²) < 4.78 is 11.3. The number of nitrogens with one attached hydrogen (secondary N) is 1. The summed E-state index contributed by atoms with van der Waals surface area (Å²) in [5.41, 5.74) is 0. The molecule has 0 aliphatic carbocycles. The van der Waals surface area contributed by atoms with E-state index in [-0.39, 0.29) is 0 Å². The number of ether oxygens (including phenoxy) is 1. The topological polar surface area (TPSA) is 34.4 Å². The number of furan rings is 1. The molecule has 0 aliphatic rings. The molecule has 1 aromatic carbocycles. The van der Waals surface area contributed by atoms with Gasteiger partial charge < -0.3 is 14.5 Å². The van der Waals surface area contributed by atoms with Crippen molar-refractivity contribution in [3.63, 3.8) is 0 Å². The first-order valence-corrected chi connectivity index (χ1v) is 7.19. The van der Waals surface area contributed by atoms with E-state index in [9.17, 15) is 0 Å². The van der Waals surface area contributed by atoms with Crippen LogP contribution in [0.2, 0.25) is 10.0 Å². The molecule has 0 saturated carbocycles. The molecule has 0 amide bonds. The first-order valence-electron chi connectivity index (χ1n) is 6.43. The van der Waals surface area contributed by atoms with E-state index in [1.165, 1.54) is 0 Å². The van der Waals surface area contributed by atoms with E-state index in [0.717, 1.165) is 11.5 Å². The third-order valence-electron chi connectivity index (χ3n) is 2.67. The smallest absolute Gasteiger partial charge is 0.146 e. The summed E-state index contributed by atoms with van der Waals surface area (Å²) in [6, 6.07) is 9.46. The van der Waals surface area contributed by atoms with E-state index in [2.05, 4.69) is 19.2 Å². The van der Waals surface area contributed by atoms with Crippen LogP contribution in [0.3, 0.4) is 0 Å². The molecule has 0 bridgehead atoms. The van der Waals surface area contributed by atoms with Crippen molar-refractivity contribution in [2.75, 3.05) is 0 Å². The molecule has 2 rings (SSSR count). The molecule has 0 atom stereocenters. The first kappa shape index (κ1) is 15.2. The second-order valence-corrected chi connectivity index (χ2v) is 5.58. The van der Waals surface area contributed by atoms with Crippen molar-refractivity contribution < 1.29 is 9.15 Å². The van der Waals surface area contributed by atoms with E-state index >= 15 is 0 Å². The first-order chi connectivity index (χ1) is 9.54. The molecule has 0 unspecified atom stereocenters. The van der Waals surface area contributed by atoms with Crippen LogP contribution in [0.1, 0.15) is 25.4 Å². The van der Waals surface area contributed by atoms with Crippen molar-refractivity contribution >= 4 is 23.2 Å². The largest absolute Gasteiger partial charge is 0.486 e. The lowest BCUT2D eigenvalue weighted by atomic mass is 10.3. The number of hydrogen-bond acceptors (Lipinski definition) is 3. The predicted molar refractivity (Wildman–Crippen MR) is 81.5 cm³/mol. The Morgan fingerprint density at radius 2 is 1.85 bits per heavy atom. The lowest BCUT2D eigenvalue weighted by Gasteiger charge is -2.06. The van der Waals surface area contributed by atoms with Gasteiger partial charge in [0.2, 0.25) is 0 Å². The molecule has 0 fully saturated rings. The van der Waals surface area contributed by atoms with Crippen molar-refractivity contribution in [2.24, 2.45) is 0 Å². The third-order valence-corrected chi connectivity index (χ3v) is 3.41. The fourth-order valence-corrected chi connectivity index (χ4v) is 1.91. The Kier molecular flexibility index (Phi) is 5.35. The van der Waals surface area contributed by atoms with Crippen molar-refractivity contribution in [3.05, 3.63) is 51.9 Å². The van der Waals surface area contributed by atoms with Crippen LogP contribution in [0.4, 0.5) is 0 Å². The van der Waals surface area contributed by atoms with Gasteiger partial charge in [-0.1, -0.05) is 37.0 Å². The average molecular weight is 314 g/mol. The fraction of sp³-hybridized carbons (Fsp3) is 0.333. The SMILES string of the molecule is CC(C)NCc1ccc(COc2ccc(Cl)c(Cl)c2)o1. The molecular formula is C15H17Cl2NO2.